The van der Waals surface area contributed by atoms with Crippen LogP contribution in [0.2, 0.25) is 5.02 Å². The van der Waals surface area contributed by atoms with E-state index in [9.17, 15) is 4.79 Å². The Labute approximate surface area is 130 Å². The molecule has 0 aliphatic rings. The van der Waals surface area contributed by atoms with Crippen LogP contribution in [-0.4, -0.2) is 17.5 Å². The summed E-state index contributed by atoms with van der Waals surface area (Å²) in [6, 6.07) is 8.82. The molecule has 0 saturated heterocycles. The summed E-state index contributed by atoms with van der Waals surface area (Å²) in [5.41, 5.74) is 0.987. The zero-order valence-corrected chi connectivity index (χ0v) is 12.8. The van der Waals surface area contributed by atoms with Crippen LogP contribution < -0.4 is 10.1 Å². The molecule has 4 nitrogen and oxygen atoms in total. The average molecular weight is 356 g/mol. The lowest BCUT2D eigenvalue weighted by Gasteiger charge is -2.09. The number of ether oxygens (including phenoxy) is 1. The topological polar surface area (TPSA) is 51.2 Å². The van der Waals surface area contributed by atoms with Gasteiger partial charge in [0, 0.05) is 24.0 Å². The number of nitrogens with zero attached hydrogens (tertiary/aromatic N) is 1. The fourth-order valence-electron chi connectivity index (χ4n) is 1.49. The fourth-order valence-corrected chi connectivity index (χ4v) is 2.29. The smallest absolute Gasteiger partial charge is 0.258 e. The monoisotopic (exact) mass is 354 g/mol. The first-order valence-corrected chi connectivity index (χ1v) is 7.05. The van der Waals surface area contributed by atoms with Crippen molar-refractivity contribution in [3.05, 3.63) is 57.8 Å². The molecule has 1 heterocycles. The van der Waals surface area contributed by atoms with Gasteiger partial charge in [0.15, 0.2) is 6.61 Å². The van der Waals surface area contributed by atoms with Gasteiger partial charge in [0.05, 0.1) is 4.47 Å². The SMILES string of the molecule is O=C(COc1ccc(Cl)cc1Br)NCc1ccncc1. The third-order valence-corrected chi connectivity index (χ3v) is 3.35. The van der Waals surface area contributed by atoms with Crippen LogP contribution in [0.5, 0.6) is 5.75 Å². The van der Waals surface area contributed by atoms with Gasteiger partial charge in [0.1, 0.15) is 5.75 Å². The summed E-state index contributed by atoms with van der Waals surface area (Å²) in [5.74, 6) is 0.386. The highest BCUT2D eigenvalue weighted by Gasteiger charge is 2.06. The van der Waals surface area contributed by atoms with Gasteiger partial charge in [-0.05, 0) is 51.8 Å². The standard InChI is InChI=1S/C14H12BrClN2O2/c15-12-7-11(16)1-2-13(12)20-9-14(19)18-8-10-3-5-17-6-4-10/h1-7H,8-9H2,(H,18,19). The number of carbonyl (C=O) groups is 1. The summed E-state index contributed by atoms with van der Waals surface area (Å²) in [4.78, 5) is 15.6. The van der Waals surface area contributed by atoms with E-state index in [-0.39, 0.29) is 12.5 Å². The van der Waals surface area contributed by atoms with Gasteiger partial charge in [-0.15, -0.1) is 0 Å². The molecule has 0 bridgehead atoms. The highest BCUT2D eigenvalue weighted by atomic mass is 79.9. The molecular formula is C14H12BrClN2O2. The lowest BCUT2D eigenvalue weighted by atomic mass is 10.3. The first kappa shape index (κ1) is 14.8. The first-order chi connectivity index (χ1) is 9.65. The molecule has 0 atom stereocenters. The summed E-state index contributed by atoms with van der Waals surface area (Å²) in [6.45, 7) is 0.401. The van der Waals surface area contributed by atoms with E-state index in [0.29, 0.717) is 21.8 Å². The van der Waals surface area contributed by atoms with Crippen molar-refractivity contribution in [1.82, 2.24) is 10.3 Å². The Kier molecular flexibility index (Phi) is 5.38. The molecule has 2 rings (SSSR count). The zero-order chi connectivity index (χ0) is 14.4. The maximum absolute atomic E-state index is 11.7. The second-order valence-electron chi connectivity index (χ2n) is 4.00. The van der Waals surface area contributed by atoms with Crippen molar-refractivity contribution in [3.63, 3.8) is 0 Å². The fraction of sp³-hybridized carbons (Fsp3) is 0.143. The van der Waals surface area contributed by atoms with Crippen LogP contribution in [-0.2, 0) is 11.3 Å². The summed E-state index contributed by atoms with van der Waals surface area (Å²) in [5, 5.41) is 3.37. The molecule has 2 aromatic rings. The van der Waals surface area contributed by atoms with Crippen molar-refractivity contribution in [1.29, 1.82) is 0 Å². The van der Waals surface area contributed by atoms with E-state index in [4.69, 9.17) is 16.3 Å². The van der Waals surface area contributed by atoms with Crippen molar-refractivity contribution >= 4 is 33.4 Å². The van der Waals surface area contributed by atoms with Gasteiger partial charge in [-0.1, -0.05) is 11.6 Å². The summed E-state index contributed by atoms with van der Waals surface area (Å²) in [6.07, 6.45) is 3.37. The quantitative estimate of drug-likeness (QED) is 0.896. The van der Waals surface area contributed by atoms with Gasteiger partial charge < -0.3 is 10.1 Å². The largest absolute Gasteiger partial charge is 0.483 e. The van der Waals surface area contributed by atoms with Crippen molar-refractivity contribution in [2.75, 3.05) is 6.61 Å². The van der Waals surface area contributed by atoms with E-state index in [2.05, 4.69) is 26.2 Å². The van der Waals surface area contributed by atoms with E-state index in [1.165, 1.54) is 0 Å². The number of pyridine rings is 1. The number of hydrogen-bond acceptors (Lipinski definition) is 3. The van der Waals surface area contributed by atoms with Crippen LogP contribution in [0.1, 0.15) is 5.56 Å². The van der Waals surface area contributed by atoms with Crippen LogP contribution in [0, 0.1) is 0 Å². The van der Waals surface area contributed by atoms with Crippen LogP contribution in [0.4, 0.5) is 0 Å². The normalized spacial score (nSPS) is 10.1. The average Bonchev–Trinajstić information content (AvgIpc) is 2.45. The number of halogens is 2. The Bertz CT molecular complexity index is 593. The minimum Gasteiger partial charge on any atom is -0.483 e. The maximum Gasteiger partial charge on any atom is 0.258 e. The number of carbonyl (C=O) groups excluding carboxylic acids is 1. The molecular weight excluding hydrogens is 344 g/mol. The molecule has 1 amide bonds. The molecule has 20 heavy (non-hydrogen) atoms. The number of rotatable bonds is 5. The Balaban J connectivity index is 1.80. The van der Waals surface area contributed by atoms with Crippen LogP contribution in [0.25, 0.3) is 0 Å². The summed E-state index contributed by atoms with van der Waals surface area (Å²) < 4.78 is 6.13. The molecule has 0 aliphatic carbocycles. The van der Waals surface area contributed by atoms with Crippen molar-refractivity contribution in [3.8, 4) is 5.75 Å². The van der Waals surface area contributed by atoms with Gasteiger partial charge >= 0.3 is 0 Å². The van der Waals surface area contributed by atoms with E-state index in [1.807, 2.05) is 12.1 Å². The molecule has 6 heteroatoms. The Morgan fingerprint density at radius 3 is 2.75 bits per heavy atom. The number of aromatic nitrogens is 1. The molecule has 1 N–H and O–H groups in total. The van der Waals surface area contributed by atoms with Gasteiger partial charge in [-0.25, -0.2) is 0 Å². The van der Waals surface area contributed by atoms with E-state index in [1.54, 1.807) is 30.6 Å². The third kappa shape index (κ3) is 4.51. The van der Waals surface area contributed by atoms with Crippen molar-refractivity contribution in [2.24, 2.45) is 0 Å². The summed E-state index contributed by atoms with van der Waals surface area (Å²) in [7, 11) is 0. The van der Waals surface area contributed by atoms with Crippen molar-refractivity contribution < 1.29 is 9.53 Å². The number of nitrogens with one attached hydrogen (secondary N) is 1. The van der Waals surface area contributed by atoms with Gasteiger partial charge in [0.2, 0.25) is 0 Å². The zero-order valence-electron chi connectivity index (χ0n) is 10.5. The molecule has 0 fully saturated rings. The molecule has 1 aromatic heterocycles. The lowest BCUT2D eigenvalue weighted by molar-refractivity contribution is -0.123. The van der Waals surface area contributed by atoms with Gasteiger partial charge in [-0.3, -0.25) is 9.78 Å². The maximum atomic E-state index is 11.7. The Morgan fingerprint density at radius 1 is 1.30 bits per heavy atom. The molecule has 0 radical (unpaired) electrons. The molecule has 0 unspecified atom stereocenters. The van der Waals surface area contributed by atoms with Gasteiger partial charge in [-0.2, -0.15) is 0 Å². The molecule has 0 aliphatic heterocycles. The molecule has 104 valence electrons. The second kappa shape index (κ2) is 7.26. The number of benzene rings is 1. The predicted octanol–water partition coefficient (Wildman–Crippen LogP) is 3.19. The lowest BCUT2D eigenvalue weighted by Crippen LogP contribution is -2.28. The van der Waals surface area contributed by atoms with Crippen molar-refractivity contribution in [2.45, 2.75) is 6.54 Å². The number of amides is 1. The minimum atomic E-state index is -0.191. The summed E-state index contributed by atoms with van der Waals surface area (Å²) >= 11 is 9.15. The van der Waals surface area contributed by atoms with Gasteiger partial charge in [0.25, 0.3) is 5.91 Å². The third-order valence-electron chi connectivity index (χ3n) is 2.49. The van der Waals surface area contributed by atoms with E-state index >= 15 is 0 Å². The Morgan fingerprint density at radius 2 is 2.05 bits per heavy atom. The molecule has 0 saturated carbocycles. The second-order valence-corrected chi connectivity index (χ2v) is 5.29. The highest BCUT2D eigenvalue weighted by molar-refractivity contribution is 9.10. The first-order valence-electron chi connectivity index (χ1n) is 5.88. The Hall–Kier alpha value is -1.59. The van der Waals surface area contributed by atoms with Crippen LogP contribution in [0.15, 0.2) is 47.2 Å². The van der Waals surface area contributed by atoms with E-state index < -0.39 is 0 Å². The highest BCUT2D eigenvalue weighted by Crippen LogP contribution is 2.27. The molecule has 0 spiro atoms. The predicted molar refractivity (Wildman–Crippen MR) is 80.7 cm³/mol. The molecule has 1 aromatic carbocycles. The van der Waals surface area contributed by atoms with Crippen LogP contribution >= 0.6 is 27.5 Å². The number of hydrogen-bond donors (Lipinski definition) is 1. The van der Waals surface area contributed by atoms with Crippen LogP contribution in [0.3, 0.4) is 0 Å². The minimum absolute atomic E-state index is 0.0503. The van der Waals surface area contributed by atoms with E-state index in [0.717, 1.165) is 5.56 Å².